The van der Waals surface area contributed by atoms with E-state index in [0.29, 0.717) is 5.92 Å². The second kappa shape index (κ2) is 7.22. The van der Waals surface area contributed by atoms with Crippen molar-refractivity contribution >= 4 is 5.95 Å². The number of nitrogens with one attached hydrogen (secondary N) is 1. The highest BCUT2D eigenvalue weighted by Gasteiger charge is 2.07. The molecule has 0 radical (unpaired) electrons. The summed E-state index contributed by atoms with van der Waals surface area (Å²) in [6.07, 6.45) is 4.99. The van der Waals surface area contributed by atoms with Gasteiger partial charge in [-0.2, -0.15) is 0 Å². The molecule has 0 aromatic carbocycles. The van der Waals surface area contributed by atoms with Crippen LogP contribution in [-0.2, 0) is 6.54 Å². The third-order valence-corrected chi connectivity index (χ3v) is 2.89. The average molecular weight is 236 g/mol. The smallest absolute Gasteiger partial charge is 0.225 e. The fraction of sp³-hybridized carbons (Fsp3) is 0.692. The van der Waals surface area contributed by atoms with E-state index in [9.17, 15) is 0 Å². The van der Waals surface area contributed by atoms with Crippen molar-refractivity contribution in [3.05, 3.63) is 18.0 Å². The van der Waals surface area contributed by atoms with E-state index in [2.05, 4.69) is 41.0 Å². The number of rotatable bonds is 7. The second-order valence-electron chi connectivity index (χ2n) is 4.57. The van der Waals surface area contributed by atoms with Gasteiger partial charge in [0.05, 0.1) is 0 Å². The Morgan fingerprint density at radius 1 is 1.29 bits per heavy atom. The van der Waals surface area contributed by atoms with E-state index in [1.165, 1.54) is 6.42 Å². The monoisotopic (exact) mass is 236 g/mol. The number of anilines is 1. The molecule has 0 aliphatic carbocycles. The molecule has 1 atom stereocenters. The summed E-state index contributed by atoms with van der Waals surface area (Å²) in [5.41, 5.74) is 1.13. The van der Waals surface area contributed by atoms with Crippen molar-refractivity contribution in [3.8, 4) is 0 Å². The van der Waals surface area contributed by atoms with E-state index in [4.69, 9.17) is 0 Å². The van der Waals surface area contributed by atoms with Crippen molar-refractivity contribution in [1.82, 2.24) is 15.3 Å². The molecule has 0 aliphatic heterocycles. The maximum atomic E-state index is 4.39. The molecule has 4 heteroatoms. The molecule has 1 unspecified atom stereocenters. The fourth-order valence-corrected chi connectivity index (χ4v) is 1.58. The molecule has 0 saturated carbocycles. The summed E-state index contributed by atoms with van der Waals surface area (Å²) in [5.74, 6) is 1.48. The predicted octanol–water partition coefficient (Wildman–Crippen LogP) is 2.07. The minimum absolute atomic E-state index is 0.671. The molecule has 0 amide bonds. The summed E-state index contributed by atoms with van der Waals surface area (Å²) in [5, 5.41) is 3.26. The van der Waals surface area contributed by atoms with Crippen LogP contribution in [0.25, 0.3) is 0 Å². The highest BCUT2D eigenvalue weighted by Crippen LogP contribution is 2.09. The molecule has 0 bridgehead atoms. The summed E-state index contributed by atoms with van der Waals surface area (Å²) in [7, 11) is 2.05. The zero-order valence-electron chi connectivity index (χ0n) is 11.4. The normalized spacial score (nSPS) is 12.5. The quantitative estimate of drug-likeness (QED) is 0.787. The first kappa shape index (κ1) is 13.9. The van der Waals surface area contributed by atoms with E-state index in [1.54, 1.807) is 0 Å². The number of hydrogen-bond acceptors (Lipinski definition) is 4. The molecular formula is C13H24N4. The Kier molecular flexibility index (Phi) is 5.91. The lowest BCUT2D eigenvalue weighted by Gasteiger charge is -2.20. The molecule has 96 valence electrons. The van der Waals surface area contributed by atoms with Crippen LogP contribution in [0.2, 0.25) is 0 Å². The molecule has 1 aromatic heterocycles. The summed E-state index contributed by atoms with van der Waals surface area (Å²) >= 11 is 0. The Hall–Kier alpha value is -1.16. The number of aromatic nitrogens is 2. The molecule has 1 rings (SSSR count). The Bertz CT molecular complexity index is 310. The first-order valence-corrected chi connectivity index (χ1v) is 6.40. The third kappa shape index (κ3) is 4.69. The maximum Gasteiger partial charge on any atom is 0.225 e. The molecule has 0 spiro atoms. The van der Waals surface area contributed by atoms with Gasteiger partial charge in [-0.1, -0.05) is 27.2 Å². The fourth-order valence-electron chi connectivity index (χ4n) is 1.58. The van der Waals surface area contributed by atoms with E-state index in [1.807, 2.05) is 19.4 Å². The number of nitrogens with zero attached hydrogens (tertiary/aromatic N) is 3. The van der Waals surface area contributed by atoms with Crippen LogP contribution >= 0.6 is 0 Å². The number of hydrogen-bond donors (Lipinski definition) is 1. The van der Waals surface area contributed by atoms with E-state index >= 15 is 0 Å². The van der Waals surface area contributed by atoms with E-state index in [0.717, 1.165) is 31.1 Å². The van der Waals surface area contributed by atoms with Crippen LogP contribution in [-0.4, -0.2) is 30.1 Å². The zero-order valence-corrected chi connectivity index (χ0v) is 11.4. The van der Waals surface area contributed by atoms with Crippen molar-refractivity contribution in [2.75, 3.05) is 25.0 Å². The molecule has 0 saturated heterocycles. The standard InChI is InChI=1S/C13H24N4/c1-5-11(3)10-17(4)13-15-8-12(9-16-13)7-14-6-2/h8-9,11,14H,5-7,10H2,1-4H3. The molecule has 17 heavy (non-hydrogen) atoms. The van der Waals surface area contributed by atoms with Gasteiger partial charge in [-0.15, -0.1) is 0 Å². The van der Waals surface area contributed by atoms with Gasteiger partial charge in [0.25, 0.3) is 0 Å². The lowest BCUT2D eigenvalue weighted by Crippen LogP contribution is -2.25. The van der Waals surface area contributed by atoms with Crippen LogP contribution in [0.15, 0.2) is 12.4 Å². The highest BCUT2D eigenvalue weighted by atomic mass is 15.2. The summed E-state index contributed by atoms with van der Waals surface area (Å²) in [4.78, 5) is 10.9. The van der Waals surface area contributed by atoms with Gasteiger partial charge in [-0.3, -0.25) is 0 Å². The van der Waals surface area contributed by atoms with Crippen LogP contribution in [0.5, 0.6) is 0 Å². The lowest BCUT2D eigenvalue weighted by atomic mass is 10.1. The largest absolute Gasteiger partial charge is 0.344 e. The first-order chi connectivity index (χ1) is 8.17. The minimum Gasteiger partial charge on any atom is -0.344 e. The van der Waals surface area contributed by atoms with E-state index in [-0.39, 0.29) is 0 Å². The van der Waals surface area contributed by atoms with Gasteiger partial charge in [0.15, 0.2) is 0 Å². The van der Waals surface area contributed by atoms with Crippen LogP contribution in [0.4, 0.5) is 5.95 Å². The van der Waals surface area contributed by atoms with Gasteiger partial charge in [0.1, 0.15) is 0 Å². The Labute approximate surface area is 104 Å². The Morgan fingerprint density at radius 3 is 2.47 bits per heavy atom. The summed E-state index contributed by atoms with van der Waals surface area (Å²) < 4.78 is 0. The van der Waals surface area contributed by atoms with Crippen LogP contribution in [0.1, 0.15) is 32.8 Å². The van der Waals surface area contributed by atoms with Crippen LogP contribution < -0.4 is 10.2 Å². The van der Waals surface area contributed by atoms with Crippen molar-refractivity contribution in [1.29, 1.82) is 0 Å². The average Bonchev–Trinajstić information content (AvgIpc) is 2.36. The topological polar surface area (TPSA) is 41.1 Å². The van der Waals surface area contributed by atoms with Crippen molar-refractivity contribution in [2.24, 2.45) is 5.92 Å². The third-order valence-electron chi connectivity index (χ3n) is 2.89. The maximum absolute atomic E-state index is 4.39. The molecule has 0 aliphatic rings. The van der Waals surface area contributed by atoms with Gasteiger partial charge in [0.2, 0.25) is 5.95 Å². The zero-order chi connectivity index (χ0) is 12.7. The van der Waals surface area contributed by atoms with Crippen molar-refractivity contribution < 1.29 is 0 Å². The Balaban J connectivity index is 2.54. The first-order valence-electron chi connectivity index (χ1n) is 6.40. The van der Waals surface area contributed by atoms with Gasteiger partial charge in [-0.25, -0.2) is 9.97 Å². The predicted molar refractivity (Wildman–Crippen MR) is 72.1 cm³/mol. The van der Waals surface area contributed by atoms with Crippen LogP contribution in [0.3, 0.4) is 0 Å². The van der Waals surface area contributed by atoms with Gasteiger partial charge in [0, 0.05) is 38.1 Å². The van der Waals surface area contributed by atoms with Gasteiger partial charge >= 0.3 is 0 Å². The molecule has 4 nitrogen and oxygen atoms in total. The van der Waals surface area contributed by atoms with Crippen molar-refractivity contribution in [3.63, 3.8) is 0 Å². The van der Waals surface area contributed by atoms with Gasteiger partial charge < -0.3 is 10.2 Å². The lowest BCUT2D eigenvalue weighted by molar-refractivity contribution is 0.555. The van der Waals surface area contributed by atoms with Gasteiger partial charge in [-0.05, 0) is 12.5 Å². The molecule has 0 fully saturated rings. The molecular weight excluding hydrogens is 212 g/mol. The minimum atomic E-state index is 0.671. The SMILES string of the molecule is CCNCc1cnc(N(C)CC(C)CC)nc1. The summed E-state index contributed by atoms with van der Waals surface area (Å²) in [6, 6.07) is 0. The molecule has 1 aromatic rings. The highest BCUT2D eigenvalue weighted by molar-refractivity contribution is 5.28. The second-order valence-corrected chi connectivity index (χ2v) is 4.57. The molecule has 1 heterocycles. The Morgan fingerprint density at radius 2 is 1.94 bits per heavy atom. The van der Waals surface area contributed by atoms with E-state index < -0.39 is 0 Å². The van der Waals surface area contributed by atoms with Crippen LogP contribution in [0, 0.1) is 5.92 Å². The molecule has 1 N–H and O–H groups in total. The van der Waals surface area contributed by atoms with Crippen molar-refractivity contribution in [2.45, 2.75) is 33.7 Å². The summed E-state index contributed by atoms with van der Waals surface area (Å²) in [6.45, 7) is 9.36.